The zero-order valence-electron chi connectivity index (χ0n) is 12.6. The molecule has 0 aliphatic carbocycles. The molecule has 8 heteroatoms. The molecule has 0 radical (unpaired) electrons. The predicted octanol–water partition coefficient (Wildman–Crippen LogP) is 2.52. The van der Waals surface area contributed by atoms with Gasteiger partial charge in [0.15, 0.2) is 0 Å². The van der Waals surface area contributed by atoms with Gasteiger partial charge in [-0.3, -0.25) is 10.1 Å². The Kier molecular flexibility index (Phi) is 4.75. The lowest BCUT2D eigenvalue weighted by atomic mass is 10.2. The van der Waals surface area contributed by atoms with Crippen LogP contribution in [0.3, 0.4) is 0 Å². The molecule has 2 rings (SSSR count). The van der Waals surface area contributed by atoms with Gasteiger partial charge in [-0.1, -0.05) is 35.9 Å². The van der Waals surface area contributed by atoms with Crippen LogP contribution in [0.4, 0.5) is 5.69 Å². The minimum atomic E-state index is -3.96. The van der Waals surface area contributed by atoms with Crippen LogP contribution in [0, 0.1) is 24.0 Å². The number of nitrogens with zero attached hydrogens (tertiary/aromatic N) is 2. The normalized spacial score (nSPS) is 11.6. The second kappa shape index (κ2) is 6.57. The van der Waals surface area contributed by atoms with Crippen molar-refractivity contribution in [2.24, 2.45) is 5.10 Å². The highest BCUT2D eigenvalue weighted by Crippen LogP contribution is 2.21. The smallest absolute Gasteiger partial charge is 0.258 e. The van der Waals surface area contributed by atoms with Gasteiger partial charge in [0.2, 0.25) is 0 Å². The average Bonchev–Trinajstić information content (AvgIpc) is 2.49. The predicted molar refractivity (Wildman–Crippen MR) is 86.9 cm³/mol. The van der Waals surface area contributed by atoms with Gasteiger partial charge >= 0.3 is 0 Å². The monoisotopic (exact) mass is 333 g/mol. The standard InChI is InChI=1S/C15H15N3O4S/c1-11-3-6-13(7-4-11)10-16-17-23(21,22)14-8-5-12(2)15(9-14)18(19)20/h3-10,17H,1-2H3/b16-10+. The van der Waals surface area contributed by atoms with Crippen molar-refractivity contribution in [1.82, 2.24) is 4.83 Å². The van der Waals surface area contributed by atoms with E-state index in [1.807, 2.05) is 23.9 Å². The third-order valence-electron chi connectivity index (χ3n) is 3.15. The van der Waals surface area contributed by atoms with Crippen molar-refractivity contribution < 1.29 is 13.3 Å². The van der Waals surface area contributed by atoms with Crippen molar-refractivity contribution in [2.75, 3.05) is 0 Å². The molecule has 0 atom stereocenters. The maximum Gasteiger partial charge on any atom is 0.276 e. The Morgan fingerprint density at radius 2 is 1.78 bits per heavy atom. The van der Waals surface area contributed by atoms with Crippen molar-refractivity contribution >= 4 is 21.9 Å². The number of aryl methyl sites for hydroxylation is 2. The van der Waals surface area contributed by atoms with Crippen LogP contribution in [-0.4, -0.2) is 19.6 Å². The summed E-state index contributed by atoms with van der Waals surface area (Å²) in [6.07, 6.45) is 1.36. The molecule has 0 bridgehead atoms. The molecule has 23 heavy (non-hydrogen) atoms. The summed E-state index contributed by atoms with van der Waals surface area (Å²) in [4.78, 5) is 12.1. The maximum absolute atomic E-state index is 12.1. The van der Waals surface area contributed by atoms with Crippen molar-refractivity contribution in [3.63, 3.8) is 0 Å². The quantitative estimate of drug-likeness (QED) is 0.516. The Balaban J connectivity index is 2.20. The topological polar surface area (TPSA) is 102 Å². The molecule has 7 nitrogen and oxygen atoms in total. The molecule has 2 aromatic rings. The molecular formula is C15H15N3O4S. The Bertz CT molecular complexity index is 859. The van der Waals surface area contributed by atoms with Crippen LogP contribution >= 0.6 is 0 Å². The minimum Gasteiger partial charge on any atom is -0.258 e. The molecule has 1 N–H and O–H groups in total. The van der Waals surface area contributed by atoms with Crippen LogP contribution in [-0.2, 0) is 10.0 Å². The van der Waals surface area contributed by atoms with Crippen molar-refractivity contribution in [2.45, 2.75) is 18.7 Å². The first-order chi connectivity index (χ1) is 10.8. The molecule has 0 amide bonds. The van der Waals surface area contributed by atoms with E-state index in [1.165, 1.54) is 25.3 Å². The summed E-state index contributed by atoms with van der Waals surface area (Å²) < 4.78 is 24.2. The molecule has 0 heterocycles. The fourth-order valence-corrected chi connectivity index (χ4v) is 2.64. The van der Waals surface area contributed by atoms with E-state index in [2.05, 4.69) is 5.10 Å². The Morgan fingerprint density at radius 3 is 2.39 bits per heavy atom. The molecule has 0 aromatic heterocycles. The molecule has 0 saturated carbocycles. The van der Waals surface area contributed by atoms with E-state index in [4.69, 9.17) is 0 Å². The molecular weight excluding hydrogens is 318 g/mol. The second-order valence-corrected chi connectivity index (χ2v) is 6.63. The van der Waals surface area contributed by atoms with Crippen LogP contribution in [0.25, 0.3) is 0 Å². The van der Waals surface area contributed by atoms with Gasteiger partial charge in [0.05, 0.1) is 16.0 Å². The lowest BCUT2D eigenvalue weighted by Gasteiger charge is -2.04. The number of nitro benzene ring substituents is 1. The summed E-state index contributed by atoms with van der Waals surface area (Å²) in [6.45, 7) is 3.48. The summed E-state index contributed by atoms with van der Waals surface area (Å²) in [5.41, 5.74) is 1.94. The molecule has 2 aromatic carbocycles. The van der Waals surface area contributed by atoms with Crippen LogP contribution in [0.5, 0.6) is 0 Å². The van der Waals surface area contributed by atoms with Crippen LogP contribution in [0.2, 0.25) is 0 Å². The van der Waals surface area contributed by atoms with E-state index in [9.17, 15) is 18.5 Å². The summed E-state index contributed by atoms with van der Waals surface area (Å²) in [5, 5.41) is 14.6. The molecule has 0 aliphatic rings. The summed E-state index contributed by atoms with van der Waals surface area (Å²) in [6, 6.07) is 11.0. The number of nitro groups is 1. The van der Waals surface area contributed by atoms with Crippen molar-refractivity contribution in [1.29, 1.82) is 0 Å². The second-order valence-electron chi connectivity index (χ2n) is 4.97. The first kappa shape index (κ1) is 16.6. The number of rotatable bonds is 5. The van der Waals surface area contributed by atoms with Gasteiger partial charge in [-0.15, -0.1) is 0 Å². The van der Waals surface area contributed by atoms with E-state index in [0.717, 1.165) is 17.2 Å². The minimum absolute atomic E-state index is 0.212. The zero-order chi connectivity index (χ0) is 17.0. The highest BCUT2D eigenvalue weighted by Gasteiger charge is 2.19. The van der Waals surface area contributed by atoms with Gasteiger partial charge in [-0.25, -0.2) is 4.83 Å². The van der Waals surface area contributed by atoms with Crippen LogP contribution in [0.15, 0.2) is 52.5 Å². The van der Waals surface area contributed by atoms with E-state index in [-0.39, 0.29) is 10.6 Å². The lowest BCUT2D eigenvalue weighted by Crippen LogP contribution is -2.18. The van der Waals surface area contributed by atoms with E-state index in [0.29, 0.717) is 5.56 Å². The van der Waals surface area contributed by atoms with Crippen LogP contribution in [0.1, 0.15) is 16.7 Å². The Labute approximate surface area is 133 Å². The van der Waals surface area contributed by atoms with Crippen LogP contribution < -0.4 is 4.83 Å². The average molecular weight is 333 g/mol. The van der Waals surface area contributed by atoms with E-state index in [1.54, 1.807) is 12.1 Å². The fourth-order valence-electron chi connectivity index (χ4n) is 1.83. The van der Waals surface area contributed by atoms with Gasteiger partial charge in [0.25, 0.3) is 15.7 Å². The molecule has 0 aliphatic heterocycles. The van der Waals surface area contributed by atoms with Crippen molar-refractivity contribution in [3.05, 3.63) is 69.3 Å². The molecule has 0 fully saturated rings. The van der Waals surface area contributed by atoms with E-state index >= 15 is 0 Å². The number of hydrogen-bond donors (Lipinski definition) is 1. The fraction of sp³-hybridized carbons (Fsp3) is 0.133. The molecule has 0 unspecified atom stereocenters. The Morgan fingerprint density at radius 1 is 1.13 bits per heavy atom. The summed E-state index contributed by atoms with van der Waals surface area (Å²) in [7, 11) is -3.96. The number of hydrazone groups is 1. The number of hydrogen-bond acceptors (Lipinski definition) is 5. The van der Waals surface area contributed by atoms with Gasteiger partial charge in [-0.2, -0.15) is 13.5 Å². The largest absolute Gasteiger partial charge is 0.276 e. The summed E-state index contributed by atoms with van der Waals surface area (Å²) >= 11 is 0. The first-order valence-corrected chi connectivity index (χ1v) is 8.14. The van der Waals surface area contributed by atoms with Gasteiger partial charge in [0.1, 0.15) is 0 Å². The maximum atomic E-state index is 12.1. The highest BCUT2D eigenvalue weighted by atomic mass is 32.2. The van der Waals surface area contributed by atoms with E-state index < -0.39 is 14.9 Å². The summed E-state index contributed by atoms with van der Waals surface area (Å²) in [5.74, 6) is 0. The third kappa shape index (κ3) is 4.13. The highest BCUT2D eigenvalue weighted by molar-refractivity contribution is 7.89. The number of nitrogens with one attached hydrogen (secondary N) is 1. The zero-order valence-corrected chi connectivity index (χ0v) is 13.4. The lowest BCUT2D eigenvalue weighted by molar-refractivity contribution is -0.385. The molecule has 0 spiro atoms. The van der Waals surface area contributed by atoms with Crippen molar-refractivity contribution in [3.8, 4) is 0 Å². The number of benzene rings is 2. The first-order valence-electron chi connectivity index (χ1n) is 6.66. The van der Waals surface area contributed by atoms with Gasteiger partial charge in [-0.05, 0) is 25.5 Å². The molecule has 0 saturated heterocycles. The van der Waals surface area contributed by atoms with Gasteiger partial charge < -0.3 is 0 Å². The van der Waals surface area contributed by atoms with Gasteiger partial charge in [0, 0.05) is 11.6 Å². The SMILES string of the molecule is Cc1ccc(/C=N/NS(=O)(=O)c2ccc(C)c([N+](=O)[O-])c2)cc1. The number of sulfonamides is 1. The third-order valence-corrected chi connectivity index (χ3v) is 4.37. The molecule has 120 valence electrons. The Hall–Kier alpha value is -2.74.